The van der Waals surface area contributed by atoms with E-state index in [1.807, 2.05) is 19.1 Å². The van der Waals surface area contributed by atoms with Crippen LogP contribution in [0, 0.1) is 10.1 Å². The number of anilines is 1. The average Bonchev–Trinajstić information content (AvgIpc) is 2.56. The molecule has 2 aromatic carbocycles. The predicted octanol–water partition coefficient (Wildman–Crippen LogP) is 3.63. The molecule has 9 heteroatoms. The van der Waals surface area contributed by atoms with Gasteiger partial charge in [0.05, 0.1) is 10.6 Å². The van der Waals surface area contributed by atoms with E-state index >= 15 is 0 Å². The van der Waals surface area contributed by atoms with Crippen molar-refractivity contribution in [3.63, 3.8) is 0 Å². The van der Waals surface area contributed by atoms with Crippen molar-refractivity contribution in [2.45, 2.75) is 13.3 Å². The van der Waals surface area contributed by atoms with Crippen molar-refractivity contribution in [1.29, 1.82) is 0 Å². The Bertz CT molecular complexity index is 853. The number of rotatable bonds is 8. The summed E-state index contributed by atoms with van der Waals surface area (Å²) >= 11 is 5.70. The third-order valence-electron chi connectivity index (χ3n) is 3.37. The molecule has 0 atom stereocenters. The number of nitrogens with one attached hydrogen (secondary N) is 1. The van der Waals surface area contributed by atoms with Gasteiger partial charge in [-0.3, -0.25) is 14.8 Å². The van der Waals surface area contributed by atoms with Gasteiger partial charge in [0, 0.05) is 6.07 Å². The maximum atomic E-state index is 12.1. The summed E-state index contributed by atoms with van der Waals surface area (Å²) in [6.07, 6.45) is 0.909. The van der Waals surface area contributed by atoms with Gasteiger partial charge in [-0.15, -0.1) is 0 Å². The van der Waals surface area contributed by atoms with E-state index in [-0.39, 0.29) is 28.8 Å². The summed E-state index contributed by atoms with van der Waals surface area (Å²) in [4.78, 5) is 10.2. The molecule has 2 aromatic rings. The van der Waals surface area contributed by atoms with Crippen LogP contribution in [0.2, 0.25) is 5.02 Å². The number of sulfonamides is 1. The molecule has 0 aliphatic rings. The number of nitro groups is 1. The standard InChI is InChI=1S/C16H17ClN2O5S/c1-2-12-3-6-14(7-4-12)24-9-10-25(22,23)18-13-5-8-15(17)16(11-13)19(20)21/h3-8,11,18H,2,9-10H2,1H3. The molecule has 134 valence electrons. The fourth-order valence-electron chi connectivity index (χ4n) is 2.04. The molecule has 0 unspecified atom stereocenters. The van der Waals surface area contributed by atoms with Crippen molar-refractivity contribution in [3.8, 4) is 5.75 Å². The van der Waals surface area contributed by atoms with Crippen LogP contribution < -0.4 is 9.46 Å². The minimum atomic E-state index is -3.71. The first kappa shape index (κ1) is 19.0. The maximum absolute atomic E-state index is 12.1. The van der Waals surface area contributed by atoms with E-state index in [4.69, 9.17) is 16.3 Å². The molecule has 2 rings (SSSR count). The molecule has 0 aliphatic carbocycles. The normalized spacial score (nSPS) is 11.1. The van der Waals surface area contributed by atoms with Crippen LogP contribution in [0.3, 0.4) is 0 Å². The molecule has 1 N–H and O–H groups in total. The Balaban J connectivity index is 1.95. The fourth-order valence-corrected chi connectivity index (χ4v) is 3.11. The third kappa shape index (κ3) is 5.61. The lowest BCUT2D eigenvalue weighted by Crippen LogP contribution is -2.21. The lowest BCUT2D eigenvalue weighted by molar-refractivity contribution is -0.384. The minimum Gasteiger partial charge on any atom is -0.492 e. The van der Waals surface area contributed by atoms with E-state index in [9.17, 15) is 18.5 Å². The van der Waals surface area contributed by atoms with E-state index in [1.54, 1.807) is 12.1 Å². The van der Waals surface area contributed by atoms with Crippen molar-refractivity contribution in [1.82, 2.24) is 0 Å². The van der Waals surface area contributed by atoms with Gasteiger partial charge >= 0.3 is 0 Å². The number of ether oxygens (including phenoxy) is 1. The molecule has 0 aliphatic heterocycles. The molecule has 0 spiro atoms. The van der Waals surface area contributed by atoms with Crippen LogP contribution in [0.15, 0.2) is 42.5 Å². The Labute approximate surface area is 150 Å². The van der Waals surface area contributed by atoms with Gasteiger partial charge in [-0.05, 0) is 36.2 Å². The van der Waals surface area contributed by atoms with Crippen molar-refractivity contribution in [2.75, 3.05) is 17.1 Å². The summed E-state index contributed by atoms with van der Waals surface area (Å²) in [7, 11) is -3.71. The minimum absolute atomic E-state index is 0.0452. The number of hydrogen-bond acceptors (Lipinski definition) is 5. The molecule has 0 radical (unpaired) electrons. The summed E-state index contributed by atoms with van der Waals surface area (Å²) in [6.45, 7) is 1.99. The van der Waals surface area contributed by atoms with E-state index in [2.05, 4.69) is 4.72 Å². The topological polar surface area (TPSA) is 98.5 Å². The predicted molar refractivity (Wildman–Crippen MR) is 96.8 cm³/mol. The second-order valence-electron chi connectivity index (χ2n) is 5.19. The molecular formula is C16H17ClN2O5S. The van der Waals surface area contributed by atoms with E-state index < -0.39 is 14.9 Å². The van der Waals surface area contributed by atoms with Crippen molar-refractivity contribution in [3.05, 3.63) is 63.2 Å². The number of halogens is 1. The quantitative estimate of drug-likeness (QED) is 0.553. The Morgan fingerprint density at radius 1 is 1.20 bits per heavy atom. The molecule has 0 aromatic heterocycles. The van der Waals surface area contributed by atoms with Crippen molar-refractivity contribution >= 4 is 33.0 Å². The second-order valence-corrected chi connectivity index (χ2v) is 7.44. The van der Waals surface area contributed by atoms with Gasteiger partial charge in [-0.2, -0.15) is 0 Å². The summed E-state index contributed by atoms with van der Waals surface area (Å²) in [5.41, 5.74) is 0.864. The molecular weight excluding hydrogens is 368 g/mol. The number of hydrogen-bond donors (Lipinski definition) is 1. The van der Waals surface area contributed by atoms with Crippen LogP contribution in [-0.2, 0) is 16.4 Å². The monoisotopic (exact) mass is 384 g/mol. The Kier molecular flexibility index (Phi) is 6.22. The zero-order valence-corrected chi connectivity index (χ0v) is 15.0. The smallest absolute Gasteiger partial charge is 0.289 e. The van der Waals surface area contributed by atoms with E-state index in [1.165, 1.54) is 12.1 Å². The van der Waals surface area contributed by atoms with Gasteiger partial charge in [0.1, 0.15) is 23.1 Å². The Morgan fingerprint density at radius 3 is 2.48 bits per heavy atom. The molecule has 0 saturated carbocycles. The summed E-state index contributed by atoms with van der Waals surface area (Å²) in [5.74, 6) is 0.286. The van der Waals surface area contributed by atoms with Crippen LogP contribution >= 0.6 is 11.6 Å². The number of aryl methyl sites for hydroxylation is 1. The number of nitro benzene ring substituents is 1. The molecule has 0 saturated heterocycles. The van der Waals surface area contributed by atoms with Gasteiger partial charge in [-0.25, -0.2) is 8.42 Å². The highest BCUT2D eigenvalue weighted by Gasteiger charge is 2.16. The van der Waals surface area contributed by atoms with Gasteiger partial charge in [-0.1, -0.05) is 30.7 Å². The van der Waals surface area contributed by atoms with E-state index in [0.717, 1.165) is 18.1 Å². The Morgan fingerprint density at radius 2 is 1.88 bits per heavy atom. The number of benzene rings is 2. The lowest BCUT2D eigenvalue weighted by atomic mass is 10.2. The Hall–Kier alpha value is -2.32. The largest absolute Gasteiger partial charge is 0.492 e. The molecule has 0 amide bonds. The SMILES string of the molecule is CCc1ccc(OCCS(=O)(=O)Nc2ccc(Cl)c([N+](=O)[O-])c2)cc1. The molecule has 7 nitrogen and oxygen atoms in total. The third-order valence-corrected chi connectivity index (χ3v) is 4.94. The highest BCUT2D eigenvalue weighted by atomic mass is 35.5. The summed E-state index contributed by atoms with van der Waals surface area (Å²) < 4.78 is 31.8. The molecule has 0 fully saturated rings. The van der Waals surface area contributed by atoms with Crippen LogP contribution in [0.5, 0.6) is 5.75 Å². The highest BCUT2D eigenvalue weighted by Crippen LogP contribution is 2.27. The van der Waals surface area contributed by atoms with E-state index in [0.29, 0.717) is 5.75 Å². The zero-order valence-electron chi connectivity index (χ0n) is 13.4. The first-order valence-electron chi connectivity index (χ1n) is 7.47. The van der Waals surface area contributed by atoms with Crippen LogP contribution in [-0.4, -0.2) is 25.7 Å². The van der Waals surface area contributed by atoms with Crippen LogP contribution in [0.25, 0.3) is 0 Å². The molecule has 0 bridgehead atoms. The van der Waals surface area contributed by atoms with Crippen molar-refractivity contribution in [2.24, 2.45) is 0 Å². The molecule has 25 heavy (non-hydrogen) atoms. The lowest BCUT2D eigenvalue weighted by Gasteiger charge is -2.10. The van der Waals surface area contributed by atoms with Crippen molar-refractivity contribution < 1.29 is 18.1 Å². The molecule has 0 heterocycles. The van der Waals surface area contributed by atoms with Gasteiger partial charge in [0.2, 0.25) is 10.0 Å². The maximum Gasteiger partial charge on any atom is 0.289 e. The van der Waals surface area contributed by atoms with Gasteiger partial charge in [0.25, 0.3) is 5.69 Å². The fraction of sp³-hybridized carbons (Fsp3) is 0.250. The summed E-state index contributed by atoms with van der Waals surface area (Å²) in [6, 6.07) is 11.1. The average molecular weight is 385 g/mol. The highest BCUT2D eigenvalue weighted by molar-refractivity contribution is 7.92. The van der Waals surface area contributed by atoms with Gasteiger partial charge in [0.15, 0.2) is 0 Å². The van der Waals surface area contributed by atoms with Gasteiger partial charge < -0.3 is 4.74 Å². The first-order valence-corrected chi connectivity index (χ1v) is 9.50. The van der Waals surface area contributed by atoms with Crippen LogP contribution in [0.4, 0.5) is 11.4 Å². The first-order chi connectivity index (χ1) is 11.8. The number of nitrogens with zero attached hydrogens (tertiary/aromatic N) is 1. The second kappa shape index (κ2) is 8.17. The van der Waals surface area contributed by atoms with Crippen LogP contribution in [0.1, 0.15) is 12.5 Å². The zero-order chi connectivity index (χ0) is 18.4. The summed E-state index contributed by atoms with van der Waals surface area (Å²) in [5, 5.41) is 10.8.